The lowest BCUT2D eigenvalue weighted by Gasteiger charge is -2.31. The quantitative estimate of drug-likeness (QED) is 0.802. The van der Waals surface area contributed by atoms with Crippen molar-refractivity contribution in [1.29, 1.82) is 0 Å². The van der Waals surface area contributed by atoms with Crippen molar-refractivity contribution in [3.63, 3.8) is 0 Å². The predicted octanol–water partition coefficient (Wildman–Crippen LogP) is 4.28. The number of hydrogen-bond donors (Lipinski definition) is 1. The maximum Gasteiger partial charge on any atom is 0.0723 e. The zero-order valence-corrected chi connectivity index (χ0v) is 13.0. The van der Waals surface area contributed by atoms with Gasteiger partial charge in [0.05, 0.1) is 12.7 Å². The molecule has 0 radical (unpaired) electrons. The van der Waals surface area contributed by atoms with Crippen molar-refractivity contribution in [2.45, 2.75) is 65.2 Å². The van der Waals surface area contributed by atoms with E-state index in [1.807, 2.05) is 0 Å². The van der Waals surface area contributed by atoms with Gasteiger partial charge in [0.2, 0.25) is 0 Å². The van der Waals surface area contributed by atoms with E-state index in [0.717, 1.165) is 25.6 Å². The average molecular weight is 275 g/mol. The highest BCUT2D eigenvalue weighted by Gasteiger charge is 2.24. The average Bonchev–Trinajstić information content (AvgIpc) is 2.52. The zero-order chi connectivity index (χ0) is 14.2. The molecular weight excluding hydrogens is 246 g/mol. The maximum absolute atomic E-state index is 6.27. The molecule has 2 nitrogen and oxygen atoms in total. The summed E-state index contributed by atoms with van der Waals surface area (Å²) in [7, 11) is 0. The third kappa shape index (κ3) is 4.32. The van der Waals surface area contributed by atoms with Crippen molar-refractivity contribution in [1.82, 2.24) is 5.32 Å². The molecule has 1 aromatic rings. The van der Waals surface area contributed by atoms with Crippen LogP contribution in [0.3, 0.4) is 0 Å². The van der Waals surface area contributed by atoms with Gasteiger partial charge >= 0.3 is 0 Å². The number of ether oxygens (including phenoxy) is 1. The van der Waals surface area contributed by atoms with E-state index < -0.39 is 0 Å². The van der Waals surface area contributed by atoms with Crippen LogP contribution in [0.1, 0.15) is 57.1 Å². The second-order valence-corrected chi connectivity index (χ2v) is 5.85. The summed E-state index contributed by atoms with van der Waals surface area (Å²) in [6.07, 6.45) is 7.04. The summed E-state index contributed by atoms with van der Waals surface area (Å²) in [5, 5.41) is 3.41. The summed E-state index contributed by atoms with van der Waals surface area (Å²) >= 11 is 0. The van der Waals surface area contributed by atoms with Gasteiger partial charge in [0.15, 0.2) is 0 Å². The summed E-state index contributed by atoms with van der Waals surface area (Å²) in [5.41, 5.74) is 2.71. The van der Waals surface area contributed by atoms with E-state index in [9.17, 15) is 0 Å². The van der Waals surface area contributed by atoms with Crippen molar-refractivity contribution < 1.29 is 4.74 Å². The molecule has 0 bridgehead atoms. The summed E-state index contributed by atoms with van der Waals surface area (Å²) < 4.78 is 6.27. The number of hydrogen-bond acceptors (Lipinski definition) is 2. The van der Waals surface area contributed by atoms with Crippen LogP contribution in [-0.4, -0.2) is 12.6 Å². The van der Waals surface area contributed by atoms with Gasteiger partial charge in [-0.25, -0.2) is 0 Å². The van der Waals surface area contributed by atoms with Crippen molar-refractivity contribution in [2.75, 3.05) is 6.54 Å². The summed E-state index contributed by atoms with van der Waals surface area (Å²) in [6.45, 7) is 7.16. The lowest BCUT2D eigenvalue weighted by atomic mass is 9.85. The molecule has 1 aliphatic carbocycles. The highest BCUT2D eigenvalue weighted by Crippen LogP contribution is 2.30. The maximum atomic E-state index is 6.27. The Morgan fingerprint density at radius 2 is 1.85 bits per heavy atom. The first-order valence-electron chi connectivity index (χ1n) is 8.24. The zero-order valence-electron chi connectivity index (χ0n) is 13.0. The van der Waals surface area contributed by atoms with E-state index in [-0.39, 0.29) is 0 Å². The van der Waals surface area contributed by atoms with E-state index in [0.29, 0.717) is 6.10 Å². The molecule has 1 aliphatic rings. The van der Waals surface area contributed by atoms with Gasteiger partial charge in [0.25, 0.3) is 0 Å². The van der Waals surface area contributed by atoms with Gasteiger partial charge in [-0.3, -0.25) is 0 Å². The summed E-state index contributed by atoms with van der Waals surface area (Å²) in [4.78, 5) is 0. The highest BCUT2D eigenvalue weighted by molar-refractivity contribution is 5.26. The van der Waals surface area contributed by atoms with Crippen molar-refractivity contribution in [2.24, 2.45) is 5.92 Å². The fraction of sp³-hybridized carbons (Fsp3) is 0.667. The Kier molecular flexibility index (Phi) is 6.55. The molecular formula is C18H29NO. The molecule has 1 aromatic carbocycles. The Bertz CT molecular complexity index is 391. The SMILES string of the molecule is CCNCc1ccccc1COC1CCCCC1CC. The van der Waals surface area contributed by atoms with Crippen LogP contribution in [0.25, 0.3) is 0 Å². The molecule has 1 fully saturated rings. The first-order valence-corrected chi connectivity index (χ1v) is 8.24. The van der Waals surface area contributed by atoms with Crippen molar-refractivity contribution in [3.05, 3.63) is 35.4 Å². The van der Waals surface area contributed by atoms with Crippen molar-refractivity contribution in [3.8, 4) is 0 Å². The van der Waals surface area contributed by atoms with Gasteiger partial charge in [0, 0.05) is 6.54 Å². The molecule has 1 saturated carbocycles. The molecule has 20 heavy (non-hydrogen) atoms. The number of nitrogens with one attached hydrogen (secondary N) is 1. The van der Waals surface area contributed by atoms with Crippen LogP contribution < -0.4 is 5.32 Å². The number of benzene rings is 1. The van der Waals surface area contributed by atoms with E-state index in [2.05, 4.69) is 43.4 Å². The van der Waals surface area contributed by atoms with Crippen LogP contribution in [0.15, 0.2) is 24.3 Å². The Morgan fingerprint density at radius 1 is 1.10 bits per heavy atom. The first-order chi connectivity index (χ1) is 9.85. The lowest BCUT2D eigenvalue weighted by Crippen LogP contribution is -2.27. The Hall–Kier alpha value is -0.860. The standard InChI is InChI=1S/C18H29NO/c1-3-15-9-7-8-12-18(15)20-14-17-11-6-5-10-16(17)13-19-4-2/h5-6,10-11,15,18-19H,3-4,7-9,12-14H2,1-2H3. The molecule has 0 heterocycles. The molecule has 1 N–H and O–H groups in total. The first kappa shape index (κ1) is 15.5. The Morgan fingerprint density at radius 3 is 2.60 bits per heavy atom. The molecule has 2 atom stereocenters. The van der Waals surface area contributed by atoms with Gasteiger partial charge < -0.3 is 10.1 Å². The molecule has 0 spiro atoms. The van der Waals surface area contributed by atoms with Crippen LogP contribution in [0.4, 0.5) is 0 Å². The molecule has 2 heteroatoms. The second kappa shape index (κ2) is 8.43. The van der Waals surface area contributed by atoms with E-state index in [1.165, 1.54) is 43.2 Å². The lowest BCUT2D eigenvalue weighted by molar-refractivity contribution is -0.0224. The van der Waals surface area contributed by atoms with Crippen LogP contribution in [-0.2, 0) is 17.9 Å². The topological polar surface area (TPSA) is 21.3 Å². The minimum Gasteiger partial charge on any atom is -0.373 e. The Labute approximate surface area is 123 Å². The number of rotatable bonds is 7. The molecule has 0 aliphatic heterocycles. The second-order valence-electron chi connectivity index (χ2n) is 5.85. The van der Waals surface area contributed by atoms with Crippen LogP contribution in [0, 0.1) is 5.92 Å². The molecule has 112 valence electrons. The minimum atomic E-state index is 0.473. The molecule has 0 amide bonds. The van der Waals surface area contributed by atoms with Crippen LogP contribution >= 0.6 is 0 Å². The third-order valence-corrected chi connectivity index (χ3v) is 4.50. The monoisotopic (exact) mass is 275 g/mol. The molecule has 2 unspecified atom stereocenters. The fourth-order valence-electron chi connectivity index (χ4n) is 3.19. The van der Waals surface area contributed by atoms with Gasteiger partial charge in [-0.05, 0) is 36.4 Å². The normalized spacial score (nSPS) is 22.9. The van der Waals surface area contributed by atoms with E-state index >= 15 is 0 Å². The molecule has 0 aromatic heterocycles. The largest absolute Gasteiger partial charge is 0.373 e. The smallest absolute Gasteiger partial charge is 0.0723 e. The minimum absolute atomic E-state index is 0.473. The fourth-order valence-corrected chi connectivity index (χ4v) is 3.19. The van der Waals surface area contributed by atoms with E-state index in [4.69, 9.17) is 4.74 Å². The van der Waals surface area contributed by atoms with Gasteiger partial charge in [-0.1, -0.05) is 57.4 Å². The molecule has 0 saturated heterocycles. The predicted molar refractivity (Wildman–Crippen MR) is 84.6 cm³/mol. The molecule has 2 rings (SSSR count). The van der Waals surface area contributed by atoms with Gasteiger partial charge in [0.1, 0.15) is 0 Å². The van der Waals surface area contributed by atoms with E-state index in [1.54, 1.807) is 0 Å². The summed E-state index contributed by atoms with van der Waals surface area (Å²) in [6, 6.07) is 8.65. The van der Waals surface area contributed by atoms with Crippen molar-refractivity contribution >= 4 is 0 Å². The highest BCUT2D eigenvalue weighted by atomic mass is 16.5. The van der Waals surface area contributed by atoms with Gasteiger partial charge in [-0.15, -0.1) is 0 Å². The Balaban J connectivity index is 1.92. The van der Waals surface area contributed by atoms with Crippen LogP contribution in [0.5, 0.6) is 0 Å². The summed E-state index contributed by atoms with van der Waals surface area (Å²) in [5.74, 6) is 0.768. The van der Waals surface area contributed by atoms with Gasteiger partial charge in [-0.2, -0.15) is 0 Å². The van der Waals surface area contributed by atoms with Crippen LogP contribution in [0.2, 0.25) is 0 Å². The third-order valence-electron chi connectivity index (χ3n) is 4.50.